The fraction of sp³-hybridized carbons (Fsp3) is 0.818. The van der Waals surface area contributed by atoms with E-state index in [0.717, 1.165) is 18.9 Å². The van der Waals surface area contributed by atoms with Gasteiger partial charge in [-0.3, -0.25) is 9.58 Å². The van der Waals surface area contributed by atoms with E-state index in [-0.39, 0.29) is 0 Å². The van der Waals surface area contributed by atoms with Gasteiger partial charge in [-0.15, -0.1) is 0 Å². The van der Waals surface area contributed by atoms with Crippen molar-refractivity contribution >= 4 is 0 Å². The minimum absolute atomic E-state index is 0.621. The Morgan fingerprint density at radius 1 is 1.44 bits per heavy atom. The van der Waals surface area contributed by atoms with Crippen molar-refractivity contribution in [2.24, 2.45) is 7.05 Å². The summed E-state index contributed by atoms with van der Waals surface area (Å²) in [4.78, 5) is 6.73. The lowest BCUT2D eigenvalue weighted by atomic mass is 10.3. The average molecular weight is 223 g/mol. The SMILES string of the molecule is CC(CNCc1ncnn1C)N1CCCC1. The maximum Gasteiger partial charge on any atom is 0.140 e. The normalized spacial score (nSPS) is 19.1. The van der Waals surface area contributed by atoms with Crippen LogP contribution in [0.5, 0.6) is 0 Å². The van der Waals surface area contributed by atoms with Crippen molar-refractivity contribution in [2.75, 3.05) is 19.6 Å². The van der Waals surface area contributed by atoms with Crippen LogP contribution in [-0.2, 0) is 13.6 Å². The van der Waals surface area contributed by atoms with Crippen molar-refractivity contribution in [3.8, 4) is 0 Å². The second kappa shape index (κ2) is 5.41. The molecule has 0 aliphatic carbocycles. The Hall–Kier alpha value is -0.940. The Morgan fingerprint density at radius 3 is 2.81 bits per heavy atom. The molecule has 0 radical (unpaired) electrons. The minimum atomic E-state index is 0.621. The zero-order valence-electron chi connectivity index (χ0n) is 10.2. The van der Waals surface area contributed by atoms with E-state index in [1.165, 1.54) is 25.9 Å². The number of hydrogen-bond acceptors (Lipinski definition) is 4. The molecule has 2 rings (SSSR count). The topological polar surface area (TPSA) is 46.0 Å². The van der Waals surface area contributed by atoms with E-state index < -0.39 is 0 Å². The number of likely N-dealkylation sites (tertiary alicyclic amines) is 1. The van der Waals surface area contributed by atoms with E-state index in [9.17, 15) is 0 Å². The van der Waals surface area contributed by atoms with Gasteiger partial charge >= 0.3 is 0 Å². The summed E-state index contributed by atoms with van der Waals surface area (Å²) in [7, 11) is 1.92. The molecule has 1 aliphatic rings. The highest BCUT2D eigenvalue weighted by molar-refractivity contribution is 4.83. The van der Waals surface area contributed by atoms with Crippen LogP contribution in [-0.4, -0.2) is 45.3 Å². The lowest BCUT2D eigenvalue weighted by Crippen LogP contribution is -2.38. The molecule has 1 saturated heterocycles. The Bertz CT molecular complexity index is 316. The quantitative estimate of drug-likeness (QED) is 0.784. The first-order chi connectivity index (χ1) is 7.77. The van der Waals surface area contributed by atoms with Crippen LogP contribution in [0.25, 0.3) is 0 Å². The van der Waals surface area contributed by atoms with Gasteiger partial charge in [0, 0.05) is 19.6 Å². The third-order valence-electron chi connectivity index (χ3n) is 3.29. The number of nitrogens with zero attached hydrogens (tertiary/aromatic N) is 4. The van der Waals surface area contributed by atoms with Crippen LogP contribution >= 0.6 is 0 Å². The molecule has 5 nitrogen and oxygen atoms in total. The summed E-state index contributed by atoms with van der Waals surface area (Å²) in [6, 6.07) is 0.621. The molecule has 90 valence electrons. The Balaban J connectivity index is 1.69. The summed E-state index contributed by atoms with van der Waals surface area (Å²) in [6.45, 7) is 6.62. The van der Waals surface area contributed by atoms with E-state index in [0.29, 0.717) is 6.04 Å². The van der Waals surface area contributed by atoms with E-state index >= 15 is 0 Å². The van der Waals surface area contributed by atoms with Gasteiger partial charge in [-0.05, 0) is 32.9 Å². The molecule has 1 N–H and O–H groups in total. The summed E-state index contributed by atoms with van der Waals surface area (Å²) in [5.74, 6) is 0.994. The molecule has 0 spiro atoms. The van der Waals surface area contributed by atoms with Crippen molar-refractivity contribution in [1.29, 1.82) is 0 Å². The summed E-state index contributed by atoms with van der Waals surface area (Å²) in [6.07, 6.45) is 4.31. The van der Waals surface area contributed by atoms with E-state index in [4.69, 9.17) is 0 Å². The van der Waals surface area contributed by atoms with Gasteiger partial charge in [0.2, 0.25) is 0 Å². The molecule has 1 atom stereocenters. The van der Waals surface area contributed by atoms with Crippen molar-refractivity contribution in [1.82, 2.24) is 25.0 Å². The standard InChI is InChI=1S/C11H21N5/c1-10(16-5-3-4-6-16)7-12-8-11-13-9-14-15(11)2/h9-10,12H,3-8H2,1-2H3. The summed E-state index contributed by atoms with van der Waals surface area (Å²) >= 11 is 0. The largest absolute Gasteiger partial charge is 0.308 e. The van der Waals surface area contributed by atoms with Gasteiger partial charge in [-0.1, -0.05) is 0 Å². The number of nitrogens with one attached hydrogen (secondary N) is 1. The molecule has 16 heavy (non-hydrogen) atoms. The van der Waals surface area contributed by atoms with Crippen molar-refractivity contribution in [3.63, 3.8) is 0 Å². The molecule has 1 aromatic heterocycles. The van der Waals surface area contributed by atoms with E-state index in [2.05, 4.69) is 27.2 Å². The molecule has 0 bridgehead atoms. The summed E-state index contributed by atoms with van der Waals surface area (Å²) in [5, 5.41) is 7.49. The van der Waals surface area contributed by atoms with Crippen LogP contribution in [0.3, 0.4) is 0 Å². The van der Waals surface area contributed by atoms with Gasteiger partial charge in [0.05, 0.1) is 6.54 Å². The maximum absolute atomic E-state index is 4.19. The van der Waals surface area contributed by atoms with Gasteiger partial charge in [0.15, 0.2) is 0 Å². The van der Waals surface area contributed by atoms with Gasteiger partial charge in [0.1, 0.15) is 12.2 Å². The van der Waals surface area contributed by atoms with Crippen molar-refractivity contribution in [3.05, 3.63) is 12.2 Å². The van der Waals surface area contributed by atoms with Crippen molar-refractivity contribution < 1.29 is 0 Å². The highest BCUT2D eigenvalue weighted by atomic mass is 15.3. The molecule has 0 saturated carbocycles. The highest BCUT2D eigenvalue weighted by Gasteiger charge is 2.17. The minimum Gasteiger partial charge on any atom is -0.308 e. The first-order valence-corrected chi connectivity index (χ1v) is 6.05. The third kappa shape index (κ3) is 2.80. The summed E-state index contributed by atoms with van der Waals surface area (Å²) in [5.41, 5.74) is 0. The van der Waals surface area contributed by atoms with Crippen LogP contribution in [0.1, 0.15) is 25.6 Å². The molecule has 1 aliphatic heterocycles. The van der Waals surface area contributed by atoms with Crippen LogP contribution in [0.2, 0.25) is 0 Å². The number of hydrogen-bond donors (Lipinski definition) is 1. The molecule has 1 aromatic rings. The zero-order valence-corrected chi connectivity index (χ0v) is 10.2. The molecule has 1 fully saturated rings. The lowest BCUT2D eigenvalue weighted by molar-refractivity contribution is 0.251. The Morgan fingerprint density at radius 2 is 2.19 bits per heavy atom. The van der Waals surface area contributed by atoms with Crippen LogP contribution in [0.15, 0.2) is 6.33 Å². The fourth-order valence-corrected chi connectivity index (χ4v) is 2.18. The molecular weight excluding hydrogens is 202 g/mol. The maximum atomic E-state index is 4.19. The molecule has 0 aromatic carbocycles. The van der Waals surface area contributed by atoms with Gasteiger partial charge < -0.3 is 5.32 Å². The fourth-order valence-electron chi connectivity index (χ4n) is 2.18. The van der Waals surface area contributed by atoms with E-state index in [1.54, 1.807) is 6.33 Å². The summed E-state index contributed by atoms with van der Waals surface area (Å²) < 4.78 is 1.81. The first-order valence-electron chi connectivity index (χ1n) is 6.05. The van der Waals surface area contributed by atoms with Crippen molar-refractivity contribution in [2.45, 2.75) is 32.4 Å². The third-order valence-corrected chi connectivity index (χ3v) is 3.29. The second-order valence-electron chi connectivity index (χ2n) is 4.52. The van der Waals surface area contributed by atoms with Gasteiger partial charge in [0.25, 0.3) is 0 Å². The highest BCUT2D eigenvalue weighted by Crippen LogP contribution is 2.10. The zero-order chi connectivity index (χ0) is 11.4. The Labute approximate surface area is 96.8 Å². The second-order valence-corrected chi connectivity index (χ2v) is 4.52. The predicted molar refractivity (Wildman–Crippen MR) is 63.0 cm³/mol. The van der Waals surface area contributed by atoms with Gasteiger partial charge in [-0.25, -0.2) is 4.98 Å². The van der Waals surface area contributed by atoms with Crippen LogP contribution in [0, 0.1) is 0 Å². The average Bonchev–Trinajstić information content (AvgIpc) is 2.90. The number of aromatic nitrogens is 3. The first kappa shape index (κ1) is 11.5. The molecule has 0 amide bonds. The monoisotopic (exact) mass is 223 g/mol. The Kier molecular flexibility index (Phi) is 3.90. The predicted octanol–water partition coefficient (Wildman–Crippen LogP) is 0.389. The molecular formula is C11H21N5. The lowest BCUT2D eigenvalue weighted by Gasteiger charge is -2.23. The number of rotatable bonds is 5. The van der Waals surface area contributed by atoms with Crippen LogP contribution < -0.4 is 5.32 Å². The molecule has 2 heterocycles. The smallest absolute Gasteiger partial charge is 0.140 e. The molecule has 5 heteroatoms. The van der Waals surface area contributed by atoms with E-state index in [1.807, 2.05) is 11.7 Å². The number of aryl methyl sites for hydroxylation is 1. The van der Waals surface area contributed by atoms with Crippen LogP contribution in [0.4, 0.5) is 0 Å². The molecule has 1 unspecified atom stereocenters. The van der Waals surface area contributed by atoms with Gasteiger partial charge in [-0.2, -0.15) is 5.10 Å².